The van der Waals surface area contributed by atoms with Gasteiger partial charge >= 0.3 is 0 Å². The second kappa shape index (κ2) is 9.60. The molecule has 0 saturated heterocycles. The van der Waals surface area contributed by atoms with Crippen LogP contribution in [-0.2, 0) is 25.8 Å². The van der Waals surface area contributed by atoms with Crippen LogP contribution in [0, 0.1) is 0 Å². The lowest BCUT2D eigenvalue weighted by Crippen LogP contribution is -2.28. The molecule has 5 heteroatoms. The number of aryl methyl sites for hydroxylation is 3. The molecule has 1 aromatic heterocycles. The number of anilines is 1. The van der Waals surface area contributed by atoms with Gasteiger partial charge in [-0.1, -0.05) is 38.3 Å². The number of nitrogens with one attached hydrogen (secondary N) is 1. The Bertz CT molecular complexity index is 888. The van der Waals surface area contributed by atoms with E-state index in [4.69, 9.17) is 16.6 Å². The number of fused-ring (bicyclic) bond motifs is 1. The van der Waals surface area contributed by atoms with E-state index in [0.717, 1.165) is 49.9 Å². The number of hydrogen-bond acceptors (Lipinski definition) is 3. The van der Waals surface area contributed by atoms with E-state index in [2.05, 4.69) is 24.4 Å². The van der Waals surface area contributed by atoms with Crippen molar-refractivity contribution in [2.75, 3.05) is 11.9 Å². The quantitative estimate of drug-likeness (QED) is 0.583. The molecular formula is C23H32ClN3O. The first-order valence-electron chi connectivity index (χ1n) is 10.8. The zero-order valence-electron chi connectivity index (χ0n) is 17.4. The number of rotatable bonds is 8. The van der Waals surface area contributed by atoms with Gasteiger partial charge in [-0.3, -0.25) is 9.36 Å². The molecule has 0 unspecified atom stereocenters. The highest BCUT2D eigenvalue weighted by molar-refractivity contribution is 6.33. The molecule has 1 aliphatic rings. The molecule has 2 aromatic rings. The Morgan fingerprint density at radius 3 is 2.46 bits per heavy atom. The van der Waals surface area contributed by atoms with E-state index in [0.29, 0.717) is 29.5 Å². The van der Waals surface area contributed by atoms with Crippen LogP contribution in [0.2, 0.25) is 5.02 Å². The molecule has 0 amide bonds. The maximum absolute atomic E-state index is 13.3. The lowest BCUT2D eigenvalue weighted by atomic mass is 9.90. The molecule has 152 valence electrons. The number of unbranched alkanes of at least 4 members (excludes halogenated alkanes) is 2. The lowest BCUT2D eigenvalue weighted by Gasteiger charge is -2.20. The van der Waals surface area contributed by atoms with Crippen LogP contribution < -0.4 is 10.9 Å². The molecule has 1 N–H and O–H groups in total. The van der Waals surface area contributed by atoms with Crippen molar-refractivity contribution >= 4 is 17.3 Å². The number of halogens is 1. The Labute approximate surface area is 173 Å². The second-order valence-corrected chi connectivity index (χ2v) is 8.01. The molecule has 0 bridgehead atoms. The van der Waals surface area contributed by atoms with Gasteiger partial charge in [0.2, 0.25) is 0 Å². The van der Waals surface area contributed by atoms with Crippen molar-refractivity contribution in [1.82, 2.24) is 9.55 Å². The van der Waals surface area contributed by atoms with Gasteiger partial charge in [0.15, 0.2) is 0 Å². The zero-order valence-corrected chi connectivity index (χ0v) is 18.2. The molecule has 1 heterocycles. The summed E-state index contributed by atoms with van der Waals surface area (Å²) in [6, 6.07) is 4.25. The SMILES string of the molecule is CCCCCNc1c(CC)nc(-c2cc3c(cc2Cl)CCCC3)n(CC)c1=O. The number of benzene rings is 1. The highest BCUT2D eigenvalue weighted by Crippen LogP contribution is 2.33. The first-order valence-corrected chi connectivity index (χ1v) is 11.2. The number of nitrogens with zero attached hydrogens (tertiary/aromatic N) is 2. The monoisotopic (exact) mass is 401 g/mol. The topological polar surface area (TPSA) is 46.9 Å². The minimum atomic E-state index is 0.00892. The van der Waals surface area contributed by atoms with Crippen LogP contribution in [0.5, 0.6) is 0 Å². The molecule has 1 aromatic carbocycles. The third-order valence-electron chi connectivity index (χ3n) is 5.65. The van der Waals surface area contributed by atoms with Crippen molar-refractivity contribution in [3.8, 4) is 11.4 Å². The molecule has 3 rings (SSSR count). The Morgan fingerprint density at radius 2 is 1.82 bits per heavy atom. The third kappa shape index (κ3) is 4.27. The summed E-state index contributed by atoms with van der Waals surface area (Å²) >= 11 is 6.66. The van der Waals surface area contributed by atoms with Gasteiger partial charge in [-0.05, 0) is 68.7 Å². The van der Waals surface area contributed by atoms with Crippen LogP contribution in [-0.4, -0.2) is 16.1 Å². The van der Waals surface area contributed by atoms with E-state index in [1.165, 1.54) is 24.0 Å². The fourth-order valence-electron chi connectivity index (χ4n) is 4.05. The van der Waals surface area contributed by atoms with Gasteiger partial charge in [0, 0.05) is 18.7 Å². The van der Waals surface area contributed by atoms with Gasteiger partial charge in [-0.2, -0.15) is 0 Å². The zero-order chi connectivity index (χ0) is 20.1. The van der Waals surface area contributed by atoms with Gasteiger partial charge < -0.3 is 5.32 Å². The van der Waals surface area contributed by atoms with Gasteiger partial charge in [0.05, 0.1) is 10.7 Å². The number of aromatic nitrogens is 2. The summed E-state index contributed by atoms with van der Waals surface area (Å²) in [5.41, 5.74) is 5.06. The number of hydrogen-bond donors (Lipinski definition) is 1. The van der Waals surface area contributed by atoms with Crippen molar-refractivity contribution in [2.45, 2.75) is 78.7 Å². The van der Waals surface area contributed by atoms with Gasteiger partial charge in [0.1, 0.15) is 11.5 Å². The van der Waals surface area contributed by atoms with Gasteiger partial charge in [-0.15, -0.1) is 0 Å². The van der Waals surface area contributed by atoms with Crippen molar-refractivity contribution in [2.24, 2.45) is 0 Å². The van der Waals surface area contributed by atoms with Crippen molar-refractivity contribution in [3.05, 3.63) is 44.3 Å². The van der Waals surface area contributed by atoms with Gasteiger partial charge in [0.25, 0.3) is 5.56 Å². The molecule has 0 saturated carbocycles. The molecule has 0 fully saturated rings. The molecule has 0 atom stereocenters. The Balaban J connectivity index is 2.07. The Kier molecular flexibility index (Phi) is 7.17. The summed E-state index contributed by atoms with van der Waals surface area (Å²) in [6.45, 7) is 7.60. The Hall–Kier alpha value is -1.81. The van der Waals surface area contributed by atoms with Crippen LogP contribution in [0.15, 0.2) is 16.9 Å². The van der Waals surface area contributed by atoms with Crippen molar-refractivity contribution in [3.63, 3.8) is 0 Å². The minimum Gasteiger partial charge on any atom is -0.379 e. The summed E-state index contributed by atoms with van der Waals surface area (Å²) in [5, 5.41) is 4.05. The van der Waals surface area contributed by atoms with Crippen LogP contribution >= 0.6 is 11.6 Å². The summed E-state index contributed by atoms with van der Waals surface area (Å²) in [7, 11) is 0. The predicted molar refractivity (Wildman–Crippen MR) is 119 cm³/mol. The van der Waals surface area contributed by atoms with E-state index in [1.54, 1.807) is 4.57 Å². The van der Waals surface area contributed by atoms with E-state index >= 15 is 0 Å². The average Bonchev–Trinajstić information content (AvgIpc) is 2.71. The normalized spacial score (nSPS) is 13.4. The van der Waals surface area contributed by atoms with E-state index in [1.807, 2.05) is 13.8 Å². The summed E-state index contributed by atoms with van der Waals surface area (Å²) in [6.07, 6.45) is 8.69. The summed E-state index contributed by atoms with van der Waals surface area (Å²) in [4.78, 5) is 18.2. The fraction of sp³-hybridized carbons (Fsp3) is 0.565. The fourth-order valence-corrected chi connectivity index (χ4v) is 4.32. The molecule has 28 heavy (non-hydrogen) atoms. The Morgan fingerprint density at radius 1 is 1.11 bits per heavy atom. The standard InChI is InChI=1S/C23H32ClN3O/c1-4-7-10-13-25-21-20(5-2)26-22(27(6-3)23(21)28)18-14-16-11-8-9-12-17(16)15-19(18)24/h14-15,25H,4-13H2,1-3H3. The maximum atomic E-state index is 13.3. The van der Waals surface area contributed by atoms with Crippen LogP contribution in [0.1, 0.15) is 69.7 Å². The third-order valence-corrected chi connectivity index (χ3v) is 5.96. The highest BCUT2D eigenvalue weighted by Gasteiger charge is 2.20. The van der Waals surface area contributed by atoms with E-state index in [-0.39, 0.29) is 5.56 Å². The molecule has 1 aliphatic carbocycles. The highest BCUT2D eigenvalue weighted by atomic mass is 35.5. The van der Waals surface area contributed by atoms with Crippen molar-refractivity contribution in [1.29, 1.82) is 0 Å². The lowest BCUT2D eigenvalue weighted by molar-refractivity contribution is 0.684. The first kappa shape index (κ1) is 20.9. The maximum Gasteiger partial charge on any atom is 0.277 e. The van der Waals surface area contributed by atoms with Gasteiger partial charge in [-0.25, -0.2) is 4.98 Å². The molecular weight excluding hydrogens is 370 g/mol. The van der Waals surface area contributed by atoms with Crippen molar-refractivity contribution < 1.29 is 0 Å². The van der Waals surface area contributed by atoms with E-state index in [9.17, 15) is 4.79 Å². The molecule has 0 aliphatic heterocycles. The predicted octanol–water partition coefficient (Wildman–Crippen LogP) is 5.63. The van der Waals surface area contributed by atoms with E-state index < -0.39 is 0 Å². The minimum absolute atomic E-state index is 0.00892. The molecule has 0 spiro atoms. The van der Waals surface area contributed by atoms with Crippen LogP contribution in [0.4, 0.5) is 5.69 Å². The first-order chi connectivity index (χ1) is 13.6. The largest absolute Gasteiger partial charge is 0.379 e. The van der Waals surface area contributed by atoms with Crippen LogP contribution in [0.3, 0.4) is 0 Å². The molecule has 4 nitrogen and oxygen atoms in total. The second-order valence-electron chi connectivity index (χ2n) is 7.60. The van der Waals surface area contributed by atoms with Crippen LogP contribution in [0.25, 0.3) is 11.4 Å². The average molecular weight is 402 g/mol. The smallest absolute Gasteiger partial charge is 0.277 e. The molecule has 0 radical (unpaired) electrons. The summed E-state index contributed by atoms with van der Waals surface area (Å²) < 4.78 is 1.76. The summed E-state index contributed by atoms with van der Waals surface area (Å²) in [5.74, 6) is 0.696.